The van der Waals surface area contributed by atoms with Crippen LogP contribution >= 0.6 is 0 Å². The first kappa shape index (κ1) is 12.2. The van der Waals surface area contributed by atoms with Gasteiger partial charge in [0.25, 0.3) is 0 Å². The minimum Gasteiger partial charge on any atom is -0.504 e. The largest absolute Gasteiger partial charge is 0.504 e. The molecule has 1 aromatic rings. The van der Waals surface area contributed by atoms with Crippen molar-refractivity contribution >= 4 is 5.97 Å². The van der Waals surface area contributed by atoms with Crippen molar-refractivity contribution in [1.82, 2.24) is 0 Å². The fraction of sp³-hybridized carbons (Fsp3) is 0.364. The molecular formula is C11H14O5. The van der Waals surface area contributed by atoms with Crippen LogP contribution in [-0.4, -0.2) is 32.4 Å². The van der Waals surface area contributed by atoms with Gasteiger partial charge in [0.2, 0.25) is 5.75 Å². The number of aryl methyl sites for hydroxylation is 1. The molecule has 0 amide bonds. The number of aromatic hydroxyl groups is 1. The highest BCUT2D eigenvalue weighted by molar-refractivity contribution is 5.95. The molecule has 88 valence electrons. The molecule has 5 nitrogen and oxygen atoms in total. The van der Waals surface area contributed by atoms with Gasteiger partial charge >= 0.3 is 5.97 Å². The molecule has 0 spiro atoms. The average molecular weight is 226 g/mol. The number of benzene rings is 1. The highest BCUT2D eigenvalue weighted by atomic mass is 16.5. The molecule has 0 saturated heterocycles. The lowest BCUT2D eigenvalue weighted by molar-refractivity contribution is 0.0596. The first-order valence-electron chi connectivity index (χ1n) is 4.59. The van der Waals surface area contributed by atoms with E-state index in [9.17, 15) is 9.90 Å². The molecule has 0 aromatic heterocycles. The van der Waals surface area contributed by atoms with E-state index in [4.69, 9.17) is 9.47 Å². The van der Waals surface area contributed by atoms with Gasteiger partial charge in [0.1, 0.15) is 5.56 Å². The summed E-state index contributed by atoms with van der Waals surface area (Å²) >= 11 is 0. The van der Waals surface area contributed by atoms with E-state index in [-0.39, 0.29) is 17.1 Å². The van der Waals surface area contributed by atoms with Crippen molar-refractivity contribution in [3.63, 3.8) is 0 Å². The molecule has 0 radical (unpaired) electrons. The lowest BCUT2D eigenvalue weighted by atomic mass is 10.1. The van der Waals surface area contributed by atoms with Crippen LogP contribution in [-0.2, 0) is 4.74 Å². The first-order chi connectivity index (χ1) is 7.56. The summed E-state index contributed by atoms with van der Waals surface area (Å²) in [7, 11) is 4.08. The van der Waals surface area contributed by atoms with Gasteiger partial charge in [0, 0.05) is 0 Å². The van der Waals surface area contributed by atoms with Gasteiger partial charge in [-0.1, -0.05) is 0 Å². The minimum absolute atomic E-state index is 0.0835. The Hall–Kier alpha value is -1.91. The lowest BCUT2D eigenvalue weighted by Gasteiger charge is -2.14. The Bertz CT molecular complexity index is 411. The second-order valence-electron chi connectivity index (χ2n) is 3.14. The van der Waals surface area contributed by atoms with Crippen molar-refractivity contribution in [2.45, 2.75) is 6.92 Å². The number of carbonyl (C=O) groups is 1. The predicted octanol–water partition coefficient (Wildman–Crippen LogP) is 1.50. The zero-order chi connectivity index (χ0) is 12.3. The Labute approximate surface area is 93.6 Å². The molecule has 0 bridgehead atoms. The summed E-state index contributed by atoms with van der Waals surface area (Å²) in [5.74, 6) is -0.402. The maximum atomic E-state index is 11.4. The highest BCUT2D eigenvalue weighted by Gasteiger charge is 2.22. The van der Waals surface area contributed by atoms with Gasteiger partial charge in [-0.2, -0.15) is 0 Å². The van der Waals surface area contributed by atoms with Crippen LogP contribution < -0.4 is 9.47 Å². The number of rotatable bonds is 3. The van der Waals surface area contributed by atoms with Crippen molar-refractivity contribution in [2.24, 2.45) is 0 Å². The number of hydrogen-bond donors (Lipinski definition) is 1. The maximum absolute atomic E-state index is 11.4. The van der Waals surface area contributed by atoms with Crippen molar-refractivity contribution in [3.8, 4) is 17.2 Å². The van der Waals surface area contributed by atoms with Gasteiger partial charge in [0.15, 0.2) is 11.5 Å². The van der Waals surface area contributed by atoms with E-state index in [0.717, 1.165) is 0 Å². The van der Waals surface area contributed by atoms with Crippen LogP contribution in [0.3, 0.4) is 0 Å². The van der Waals surface area contributed by atoms with Gasteiger partial charge in [-0.3, -0.25) is 0 Å². The van der Waals surface area contributed by atoms with E-state index in [1.807, 2.05) is 0 Å². The normalized spacial score (nSPS) is 9.75. The van der Waals surface area contributed by atoms with Gasteiger partial charge < -0.3 is 19.3 Å². The average Bonchev–Trinajstić information content (AvgIpc) is 2.27. The monoisotopic (exact) mass is 226 g/mol. The van der Waals surface area contributed by atoms with E-state index < -0.39 is 5.97 Å². The second kappa shape index (κ2) is 4.74. The number of phenols is 1. The molecule has 0 aliphatic rings. The molecular weight excluding hydrogens is 212 g/mol. The lowest BCUT2D eigenvalue weighted by Crippen LogP contribution is -2.06. The number of phenolic OH excluding ortho intramolecular Hbond substituents is 1. The third kappa shape index (κ3) is 1.88. The summed E-state index contributed by atoms with van der Waals surface area (Å²) in [5, 5.41) is 9.88. The van der Waals surface area contributed by atoms with Crippen LogP contribution in [0.1, 0.15) is 15.9 Å². The number of methoxy groups -OCH3 is 3. The number of carbonyl (C=O) groups excluding carboxylic acids is 1. The van der Waals surface area contributed by atoms with E-state index >= 15 is 0 Å². The zero-order valence-electron chi connectivity index (χ0n) is 9.66. The molecule has 1 rings (SSSR count). The molecule has 1 N–H and O–H groups in total. The highest BCUT2D eigenvalue weighted by Crippen LogP contribution is 2.41. The third-order valence-electron chi connectivity index (χ3n) is 2.23. The fourth-order valence-corrected chi connectivity index (χ4v) is 1.46. The van der Waals surface area contributed by atoms with Gasteiger partial charge in [-0.05, 0) is 18.6 Å². The zero-order valence-corrected chi connectivity index (χ0v) is 9.66. The maximum Gasteiger partial charge on any atom is 0.342 e. The molecule has 0 atom stereocenters. The van der Waals surface area contributed by atoms with Crippen molar-refractivity contribution in [2.75, 3.05) is 21.3 Å². The Morgan fingerprint density at radius 1 is 1.25 bits per heavy atom. The predicted molar refractivity (Wildman–Crippen MR) is 57.3 cm³/mol. The van der Waals surface area contributed by atoms with Crippen LogP contribution in [0.2, 0.25) is 0 Å². The SMILES string of the molecule is COC(=O)c1c(C)cc(OC)c(OC)c1O. The molecule has 0 aliphatic heterocycles. The van der Waals surface area contributed by atoms with Crippen LogP contribution in [0.5, 0.6) is 17.2 Å². The Kier molecular flexibility index (Phi) is 3.60. The topological polar surface area (TPSA) is 65.0 Å². The number of ether oxygens (including phenoxy) is 3. The van der Waals surface area contributed by atoms with E-state index in [0.29, 0.717) is 11.3 Å². The third-order valence-corrected chi connectivity index (χ3v) is 2.23. The quantitative estimate of drug-likeness (QED) is 0.791. The van der Waals surface area contributed by atoms with Crippen molar-refractivity contribution in [3.05, 3.63) is 17.2 Å². The summed E-state index contributed by atoms with van der Waals surface area (Å²) in [5.41, 5.74) is 0.641. The summed E-state index contributed by atoms with van der Waals surface area (Å²) in [6, 6.07) is 1.60. The summed E-state index contributed by atoms with van der Waals surface area (Å²) in [4.78, 5) is 11.4. The van der Waals surface area contributed by atoms with Gasteiger partial charge in [-0.15, -0.1) is 0 Å². The summed E-state index contributed by atoms with van der Waals surface area (Å²) in [6.45, 7) is 1.67. The first-order valence-corrected chi connectivity index (χ1v) is 4.59. The molecule has 1 aromatic carbocycles. The molecule has 0 aliphatic carbocycles. The standard InChI is InChI=1S/C11H14O5/c1-6-5-7(14-2)10(15-3)9(12)8(6)11(13)16-4/h5,12H,1-4H3. The van der Waals surface area contributed by atoms with Crippen LogP contribution in [0.4, 0.5) is 0 Å². The molecule has 0 heterocycles. The molecule has 0 unspecified atom stereocenters. The molecule has 0 saturated carbocycles. The van der Waals surface area contributed by atoms with Gasteiger partial charge in [0.05, 0.1) is 21.3 Å². The smallest absolute Gasteiger partial charge is 0.342 e. The van der Waals surface area contributed by atoms with E-state index in [1.54, 1.807) is 13.0 Å². The van der Waals surface area contributed by atoms with Crippen LogP contribution in [0.25, 0.3) is 0 Å². The number of esters is 1. The van der Waals surface area contributed by atoms with E-state index in [2.05, 4.69) is 4.74 Å². The van der Waals surface area contributed by atoms with Gasteiger partial charge in [-0.25, -0.2) is 4.79 Å². The second-order valence-corrected chi connectivity index (χ2v) is 3.14. The minimum atomic E-state index is -0.615. The Morgan fingerprint density at radius 3 is 2.31 bits per heavy atom. The van der Waals surface area contributed by atoms with Crippen LogP contribution in [0.15, 0.2) is 6.07 Å². The van der Waals surface area contributed by atoms with Crippen molar-refractivity contribution in [1.29, 1.82) is 0 Å². The summed E-state index contributed by atoms with van der Waals surface area (Å²) < 4.78 is 14.6. The Morgan fingerprint density at radius 2 is 1.88 bits per heavy atom. The Balaban J connectivity index is 3.46. The number of hydrogen-bond acceptors (Lipinski definition) is 5. The van der Waals surface area contributed by atoms with Crippen molar-refractivity contribution < 1.29 is 24.1 Å². The van der Waals surface area contributed by atoms with Crippen LogP contribution in [0, 0.1) is 6.92 Å². The molecule has 0 fully saturated rings. The molecule has 5 heteroatoms. The summed E-state index contributed by atoms with van der Waals surface area (Å²) in [6.07, 6.45) is 0. The molecule has 16 heavy (non-hydrogen) atoms. The van der Waals surface area contributed by atoms with E-state index in [1.165, 1.54) is 21.3 Å². The fourth-order valence-electron chi connectivity index (χ4n) is 1.46.